The van der Waals surface area contributed by atoms with Crippen LogP contribution in [-0.4, -0.2) is 14.9 Å². The molecule has 1 aromatic carbocycles. The van der Waals surface area contributed by atoms with Gasteiger partial charge in [-0.1, -0.05) is 0 Å². The van der Waals surface area contributed by atoms with Crippen molar-refractivity contribution in [2.75, 3.05) is 5.73 Å². The third kappa shape index (κ3) is 3.06. The Kier molecular flexibility index (Phi) is 2.61. The van der Waals surface area contributed by atoms with Crippen LogP contribution in [0.5, 0.6) is 5.75 Å². The molecule has 0 bridgehead atoms. The maximum Gasteiger partial charge on any atom is 0.330 e. The molecule has 0 aromatic heterocycles. The lowest BCUT2D eigenvalue weighted by atomic mass is 10.2. The number of nitrogens with two attached hydrogens (primary N) is 1. The van der Waals surface area contributed by atoms with E-state index < -0.39 is 13.8 Å². The fraction of sp³-hybridized carbons (Fsp3) is 0.143. The fourth-order valence-corrected chi connectivity index (χ4v) is 1.65. The molecule has 0 radical (unpaired) electrons. The van der Waals surface area contributed by atoms with E-state index >= 15 is 0 Å². The van der Waals surface area contributed by atoms with Gasteiger partial charge in [0.05, 0.1) is 6.16 Å². The molecule has 5 N–H and O–H groups in total. The van der Waals surface area contributed by atoms with Crippen molar-refractivity contribution in [3.8, 4) is 5.75 Å². The lowest BCUT2D eigenvalue weighted by Crippen LogP contribution is -1.91. The van der Waals surface area contributed by atoms with Crippen molar-refractivity contribution >= 4 is 13.3 Å². The molecule has 0 heterocycles. The summed E-state index contributed by atoms with van der Waals surface area (Å²) in [4.78, 5) is 17.3. The van der Waals surface area contributed by atoms with Crippen LogP contribution in [0.1, 0.15) is 5.56 Å². The molecule has 0 fully saturated rings. The van der Waals surface area contributed by atoms with E-state index in [-0.39, 0.29) is 11.3 Å². The monoisotopic (exact) mass is 203 g/mol. The van der Waals surface area contributed by atoms with Crippen molar-refractivity contribution in [2.45, 2.75) is 6.16 Å². The molecule has 0 atom stereocenters. The molecule has 0 amide bonds. The molecule has 0 saturated heterocycles. The third-order valence-electron chi connectivity index (χ3n) is 1.48. The molecule has 0 aliphatic carbocycles. The van der Waals surface area contributed by atoms with Gasteiger partial charge in [-0.2, -0.15) is 0 Å². The Balaban J connectivity index is 3.01. The summed E-state index contributed by atoms with van der Waals surface area (Å²) in [5.74, 6) is -0.155. The molecule has 6 heteroatoms. The van der Waals surface area contributed by atoms with Crippen LogP contribution in [0.3, 0.4) is 0 Å². The average molecular weight is 203 g/mol. The zero-order valence-electron chi connectivity index (χ0n) is 6.71. The number of anilines is 1. The molecule has 0 unspecified atom stereocenters. The van der Waals surface area contributed by atoms with E-state index in [1.54, 1.807) is 0 Å². The molecule has 13 heavy (non-hydrogen) atoms. The van der Waals surface area contributed by atoms with Crippen molar-refractivity contribution in [1.29, 1.82) is 0 Å². The third-order valence-corrected chi connectivity index (χ3v) is 2.23. The van der Waals surface area contributed by atoms with Crippen molar-refractivity contribution in [2.24, 2.45) is 0 Å². The highest BCUT2D eigenvalue weighted by molar-refractivity contribution is 7.50. The summed E-state index contributed by atoms with van der Waals surface area (Å²) in [6, 6.07) is 4.10. The Morgan fingerprint density at radius 2 is 2.00 bits per heavy atom. The average Bonchev–Trinajstić information content (AvgIpc) is 1.94. The van der Waals surface area contributed by atoms with E-state index in [1.165, 1.54) is 18.2 Å². The molecule has 72 valence electrons. The van der Waals surface area contributed by atoms with Gasteiger partial charge >= 0.3 is 7.60 Å². The first-order valence-corrected chi connectivity index (χ1v) is 5.30. The van der Waals surface area contributed by atoms with Crippen LogP contribution in [0.2, 0.25) is 0 Å². The zero-order valence-corrected chi connectivity index (χ0v) is 7.61. The van der Waals surface area contributed by atoms with E-state index in [9.17, 15) is 9.67 Å². The minimum Gasteiger partial charge on any atom is -0.508 e. The van der Waals surface area contributed by atoms with E-state index in [1.807, 2.05) is 0 Å². The fourth-order valence-electron chi connectivity index (χ4n) is 0.954. The Bertz CT molecular complexity index is 360. The smallest absolute Gasteiger partial charge is 0.330 e. The molecular formula is C7H10NO4P. The summed E-state index contributed by atoms with van der Waals surface area (Å²) >= 11 is 0. The van der Waals surface area contributed by atoms with Gasteiger partial charge in [0.1, 0.15) is 5.75 Å². The minimum absolute atomic E-state index is 0.155. The van der Waals surface area contributed by atoms with E-state index in [0.717, 1.165) is 0 Å². The summed E-state index contributed by atoms with van der Waals surface area (Å²) in [6.45, 7) is 0. The van der Waals surface area contributed by atoms with Crippen LogP contribution in [0.4, 0.5) is 5.69 Å². The quantitative estimate of drug-likeness (QED) is 0.321. The Morgan fingerprint density at radius 3 is 2.54 bits per heavy atom. The van der Waals surface area contributed by atoms with Crippen LogP contribution >= 0.6 is 7.60 Å². The topological polar surface area (TPSA) is 104 Å². The Morgan fingerprint density at radius 1 is 1.38 bits per heavy atom. The largest absolute Gasteiger partial charge is 0.508 e. The van der Waals surface area contributed by atoms with Gasteiger partial charge in [-0.3, -0.25) is 4.57 Å². The van der Waals surface area contributed by atoms with Gasteiger partial charge in [-0.25, -0.2) is 0 Å². The van der Waals surface area contributed by atoms with Crippen LogP contribution in [-0.2, 0) is 10.7 Å². The summed E-state index contributed by atoms with van der Waals surface area (Å²) in [7, 11) is -4.15. The van der Waals surface area contributed by atoms with Crippen LogP contribution in [0, 0.1) is 0 Å². The van der Waals surface area contributed by atoms with Crippen LogP contribution in [0.25, 0.3) is 0 Å². The van der Waals surface area contributed by atoms with E-state index in [0.29, 0.717) is 5.69 Å². The highest BCUT2D eigenvalue weighted by Gasteiger charge is 2.16. The van der Waals surface area contributed by atoms with Crippen LogP contribution in [0.15, 0.2) is 18.2 Å². The molecule has 0 aliphatic heterocycles. The summed E-state index contributed by atoms with van der Waals surface area (Å²) < 4.78 is 10.6. The lowest BCUT2D eigenvalue weighted by molar-refractivity contribution is 0.370. The molecule has 0 saturated carbocycles. The van der Waals surface area contributed by atoms with Crippen molar-refractivity contribution in [3.63, 3.8) is 0 Å². The first-order valence-electron chi connectivity index (χ1n) is 3.50. The van der Waals surface area contributed by atoms with Crippen molar-refractivity contribution in [1.82, 2.24) is 0 Å². The van der Waals surface area contributed by atoms with Gasteiger partial charge in [-0.05, 0) is 18.2 Å². The van der Waals surface area contributed by atoms with Crippen molar-refractivity contribution in [3.05, 3.63) is 23.8 Å². The summed E-state index contributed by atoms with van der Waals surface area (Å²) in [5, 5.41) is 9.20. The molecule has 1 rings (SSSR count). The van der Waals surface area contributed by atoms with E-state index in [2.05, 4.69) is 0 Å². The highest BCUT2D eigenvalue weighted by atomic mass is 31.2. The van der Waals surface area contributed by atoms with Gasteiger partial charge in [-0.15, -0.1) is 0 Å². The molecule has 5 nitrogen and oxygen atoms in total. The first kappa shape index (κ1) is 10.1. The number of nitrogen functional groups attached to an aromatic ring is 1. The van der Waals surface area contributed by atoms with Crippen molar-refractivity contribution < 1.29 is 19.5 Å². The van der Waals surface area contributed by atoms with Gasteiger partial charge in [0, 0.05) is 11.3 Å². The number of rotatable bonds is 2. The highest BCUT2D eigenvalue weighted by Crippen LogP contribution is 2.41. The maximum atomic E-state index is 10.6. The summed E-state index contributed by atoms with van der Waals surface area (Å²) in [5.41, 5.74) is 5.91. The second kappa shape index (κ2) is 3.38. The molecule has 0 aliphatic rings. The minimum atomic E-state index is -4.15. The number of hydrogen-bond acceptors (Lipinski definition) is 3. The standard InChI is InChI=1S/C7H10NO4P/c8-6-1-2-7(9)5(3-6)4-13(10,11)12/h1-3,9H,4,8H2,(H2,10,11,12). The lowest BCUT2D eigenvalue weighted by Gasteiger charge is -2.06. The number of aromatic hydroxyl groups is 1. The second-order valence-electron chi connectivity index (χ2n) is 2.71. The number of hydrogen-bond donors (Lipinski definition) is 4. The number of benzene rings is 1. The molecule has 0 spiro atoms. The Labute approximate surface area is 75.0 Å². The van der Waals surface area contributed by atoms with Gasteiger partial charge < -0.3 is 20.6 Å². The van der Waals surface area contributed by atoms with Gasteiger partial charge in [0.15, 0.2) is 0 Å². The molecular weight excluding hydrogens is 193 g/mol. The maximum absolute atomic E-state index is 10.6. The predicted molar refractivity (Wildman–Crippen MR) is 48.3 cm³/mol. The number of phenols is 1. The normalized spacial score (nSPS) is 11.5. The van der Waals surface area contributed by atoms with Gasteiger partial charge in [0.2, 0.25) is 0 Å². The Hall–Kier alpha value is -1.03. The van der Waals surface area contributed by atoms with Gasteiger partial charge in [0.25, 0.3) is 0 Å². The SMILES string of the molecule is Nc1ccc(O)c(CP(=O)(O)O)c1. The predicted octanol–water partition coefficient (Wildman–Crippen LogP) is 0.652. The molecule has 1 aromatic rings. The first-order chi connectivity index (χ1) is 5.88. The second-order valence-corrected chi connectivity index (χ2v) is 4.36. The zero-order chi connectivity index (χ0) is 10.1. The summed E-state index contributed by atoms with van der Waals surface area (Å²) in [6.07, 6.45) is -0.496. The van der Waals surface area contributed by atoms with Crippen LogP contribution < -0.4 is 5.73 Å². The van der Waals surface area contributed by atoms with E-state index in [4.69, 9.17) is 15.5 Å². The number of phenolic OH excluding ortho intramolecular Hbond substituents is 1.